The van der Waals surface area contributed by atoms with Gasteiger partial charge >= 0.3 is 0 Å². The summed E-state index contributed by atoms with van der Waals surface area (Å²) in [6.45, 7) is 0. The first kappa shape index (κ1) is 32.8. The third-order valence-electron chi connectivity index (χ3n) is 11.3. The van der Waals surface area contributed by atoms with Gasteiger partial charge in [-0.3, -0.25) is 0 Å². The molecule has 0 amide bonds. The summed E-state index contributed by atoms with van der Waals surface area (Å²) in [4.78, 5) is 15.1. The fraction of sp³-hybridized carbons (Fsp3) is 0.0192. The molecule has 0 saturated carbocycles. The predicted molar refractivity (Wildman–Crippen MR) is 240 cm³/mol. The highest BCUT2D eigenvalue weighted by Crippen LogP contribution is 2.42. The number of nitrogens with zero attached hydrogens (tertiary/aromatic N) is 4. The van der Waals surface area contributed by atoms with E-state index < -0.39 is 0 Å². The molecule has 0 radical (unpaired) electrons. The Morgan fingerprint density at radius 3 is 1.76 bits per heavy atom. The summed E-state index contributed by atoms with van der Waals surface area (Å²) in [5.41, 5.74) is 10.7. The largest absolute Gasteiger partial charge is 0.456 e. The summed E-state index contributed by atoms with van der Waals surface area (Å²) in [6.07, 6.45) is 0.759. The number of hydrogen-bond donors (Lipinski definition) is 0. The summed E-state index contributed by atoms with van der Waals surface area (Å²) in [6, 6.07) is 63.9. The fourth-order valence-corrected chi connectivity index (χ4v) is 9.91. The molecule has 0 atom stereocenters. The normalized spacial score (nSPS) is 11.9. The van der Waals surface area contributed by atoms with Crippen molar-refractivity contribution in [1.29, 1.82) is 0 Å². The molecule has 58 heavy (non-hydrogen) atoms. The number of thiophene rings is 1. The molecule has 0 aliphatic carbocycles. The third-order valence-corrected chi connectivity index (χ3v) is 12.5. The molecule has 4 heterocycles. The molecule has 4 aromatic heterocycles. The molecule has 0 N–H and O–H groups in total. The van der Waals surface area contributed by atoms with Crippen molar-refractivity contribution in [3.63, 3.8) is 0 Å². The quantitative estimate of drug-likeness (QED) is 0.169. The maximum atomic E-state index is 6.61. The van der Waals surface area contributed by atoms with Crippen LogP contribution >= 0.6 is 11.3 Å². The Morgan fingerprint density at radius 1 is 0.466 bits per heavy atom. The number of fused-ring (bicyclic) bond motifs is 9. The van der Waals surface area contributed by atoms with Crippen molar-refractivity contribution >= 4 is 75.3 Å². The van der Waals surface area contributed by atoms with Gasteiger partial charge in [-0.2, -0.15) is 0 Å². The van der Waals surface area contributed by atoms with Gasteiger partial charge in [0.25, 0.3) is 0 Å². The first-order chi connectivity index (χ1) is 28.7. The first-order valence-electron chi connectivity index (χ1n) is 19.5. The van der Waals surface area contributed by atoms with E-state index in [2.05, 4.69) is 126 Å². The van der Waals surface area contributed by atoms with Gasteiger partial charge in [-0.15, -0.1) is 11.3 Å². The average Bonchev–Trinajstić information content (AvgIpc) is 3.97. The number of rotatable bonds is 6. The van der Waals surface area contributed by atoms with Crippen LogP contribution in [0.15, 0.2) is 186 Å². The number of aromatic nitrogens is 4. The van der Waals surface area contributed by atoms with Crippen LogP contribution in [0.4, 0.5) is 0 Å². The van der Waals surface area contributed by atoms with Gasteiger partial charge in [-0.25, -0.2) is 15.0 Å². The first-order valence-corrected chi connectivity index (χ1v) is 20.3. The summed E-state index contributed by atoms with van der Waals surface area (Å²) < 4.78 is 11.4. The van der Waals surface area contributed by atoms with Crippen LogP contribution in [-0.2, 0) is 6.42 Å². The van der Waals surface area contributed by atoms with Crippen molar-refractivity contribution in [3.05, 3.63) is 193 Å². The zero-order chi connectivity index (χ0) is 38.2. The third kappa shape index (κ3) is 5.19. The second kappa shape index (κ2) is 13.1. The Kier molecular flexibility index (Phi) is 7.40. The maximum absolute atomic E-state index is 6.61. The molecule has 12 aromatic rings. The Morgan fingerprint density at radius 2 is 1.05 bits per heavy atom. The van der Waals surface area contributed by atoms with Crippen molar-refractivity contribution in [2.75, 3.05) is 0 Å². The van der Waals surface area contributed by atoms with Gasteiger partial charge in [0, 0.05) is 53.0 Å². The molecule has 0 aliphatic heterocycles. The number of furan rings is 1. The van der Waals surface area contributed by atoms with Crippen LogP contribution in [0.3, 0.4) is 0 Å². The van der Waals surface area contributed by atoms with Crippen LogP contribution in [0.1, 0.15) is 11.1 Å². The monoisotopic (exact) mass is 760 g/mol. The fourth-order valence-electron chi connectivity index (χ4n) is 8.72. The summed E-state index contributed by atoms with van der Waals surface area (Å²) in [5.74, 6) is 1.99. The van der Waals surface area contributed by atoms with E-state index in [-0.39, 0.29) is 0 Å². The minimum Gasteiger partial charge on any atom is -0.456 e. The topological polar surface area (TPSA) is 56.7 Å². The molecule has 12 rings (SSSR count). The van der Waals surface area contributed by atoms with E-state index in [0.717, 1.165) is 55.4 Å². The Bertz CT molecular complexity index is 3440. The maximum Gasteiger partial charge on any atom is 0.165 e. The van der Waals surface area contributed by atoms with Crippen molar-refractivity contribution in [1.82, 2.24) is 19.5 Å². The highest BCUT2D eigenvalue weighted by atomic mass is 32.1. The van der Waals surface area contributed by atoms with Crippen molar-refractivity contribution < 1.29 is 4.42 Å². The van der Waals surface area contributed by atoms with Crippen LogP contribution in [0, 0.1) is 0 Å². The average molecular weight is 761 g/mol. The molecule has 5 nitrogen and oxygen atoms in total. The van der Waals surface area contributed by atoms with E-state index in [1.165, 1.54) is 48.4 Å². The van der Waals surface area contributed by atoms with Gasteiger partial charge in [-0.1, -0.05) is 133 Å². The molecule has 0 spiro atoms. The molecule has 0 bridgehead atoms. The molecule has 0 saturated heterocycles. The van der Waals surface area contributed by atoms with Gasteiger partial charge in [0.15, 0.2) is 17.5 Å². The highest BCUT2D eigenvalue weighted by Gasteiger charge is 2.21. The Hall–Kier alpha value is -7.41. The van der Waals surface area contributed by atoms with E-state index in [0.29, 0.717) is 17.5 Å². The van der Waals surface area contributed by atoms with Crippen molar-refractivity contribution in [3.8, 4) is 39.9 Å². The van der Waals surface area contributed by atoms with E-state index in [1.54, 1.807) is 11.3 Å². The second-order valence-electron chi connectivity index (χ2n) is 14.7. The van der Waals surface area contributed by atoms with E-state index >= 15 is 0 Å². The van der Waals surface area contributed by atoms with E-state index in [4.69, 9.17) is 19.4 Å². The van der Waals surface area contributed by atoms with Crippen molar-refractivity contribution in [2.24, 2.45) is 0 Å². The lowest BCUT2D eigenvalue weighted by Crippen LogP contribution is -2.00. The number of para-hydroxylation sites is 2. The molecular weight excluding hydrogens is 729 g/mol. The zero-order valence-corrected chi connectivity index (χ0v) is 31.9. The molecule has 272 valence electrons. The van der Waals surface area contributed by atoms with Crippen LogP contribution in [-0.4, -0.2) is 19.5 Å². The van der Waals surface area contributed by atoms with Crippen LogP contribution in [0.25, 0.3) is 104 Å². The minimum atomic E-state index is 0.659. The zero-order valence-electron chi connectivity index (χ0n) is 31.1. The van der Waals surface area contributed by atoms with E-state index in [9.17, 15) is 0 Å². The molecule has 8 aromatic carbocycles. The van der Waals surface area contributed by atoms with Gasteiger partial charge < -0.3 is 8.98 Å². The molecule has 0 aliphatic rings. The van der Waals surface area contributed by atoms with E-state index in [1.807, 2.05) is 60.7 Å². The summed E-state index contributed by atoms with van der Waals surface area (Å²) in [5, 5.41) is 7.20. The second-order valence-corrected chi connectivity index (χ2v) is 15.8. The Labute approximate surface area is 337 Å². The smallest absolute Gasteiger partial charge is 0.165 e. The number of hydrogen-bond acceptors (Lipinski definition) is 5. The molecule has 0 fully saturated rings. The predicted octanol–water partition coefficient (Wildman–Crippen LogP) is 13.8. The number of benzene rings is 8. The van der Waals surface area contributed by atoms with Crippen LogP contribution in [0.5, 0.6) is 0 Å². The SMILES string of the molecule is c1ccc(-c2nc(-c3ccccc3)nc(-c3cccc4c3sc3ccc(Cc5cccc6oc7cccc(-n8c9ccccc9c9ccccc98)c7c56)cc34)n2)cc1. The molecule has 0 unspecified atom stereocenters. The molecule has 6 heteroatoms. The minimum absolute atomic E-state index is 0.659. The Balaban J connectivity index is 0.995. The van der Waals surface area contributed by atoms with Gasteiger partial charge in [0.05, 0.1) is 22.1 Å². The standard InChI is InChI=1S/C52H32N4OS/c1-3-14-33(15-4-1)50-53-51(34-16-5-2-6-17-34)55-52(54-50)39-22-12-21-38-40-31-32(28-29-46(40)58-49(38)39)30-35-18-11-26-44-47(35)48-43(25-13-27-45(48)57-44)56-41-23-9-7-19-36(41)37-20-8-10-24-42(37)56/h1-29,31H,30H2. The van der Waals surface area contributed by atoms with Crippen LogP contribution in [0.2, 0.25) is 0 Å². The van der Waals surface area contributed by atoms with Gasteiger partial charge in [0.2, 0.25) is 0 Å². The lowest BCUT2D eigenvalue weighted by Gasteiger charge is -2.11. The molecular formula is C52H32N4OS. The lowest BCUT2D eigenvalue weighted by molar-refractivity contribution is 0.668. The van der Waals surface area contributed by atoms with Gasteiger partial charge in [-0.05, 0) is 66.1 Å². The summed E-state index contributed by atoms with van der Waals surface area (Å²) in [7, 11) is 0. The lowest BCUT2D eigenvalue weighted by atomic mass is 9.97. The highest BCUT2D eigenvalue weighted by molar-refractivity contribution is 7.26. The van der Waals surface area contributed by atoms with Crippen LogP contribution < -0.4 is 0 Å². The van der Waals surface area contributed by atoms with Gasteiger partial charge in [0.1, 0.15) is 11.2 Å². The summed E-state index contributed by atoms with van der Waals surface area (Å²) >= 11 is 1.79. The van der Waals surface area contributed by atoms with Crippen molar-refractivity contribution in [2.45, 2.75) is 6.42 Å².